The summed E-state index contributed by atoms with van der Waals surface area (Å²) in [4.78, 5) is 23.9. The van der Waals surface area contributed by atoms with Crippen LogP contribution in [0.2, 0.25) is 5.02 Å². The molecule has 22 heavy (non-hydrogen) atoms. The Labute approximate surface area is 133 Å². The van der Waals surface area contributed by atoms with Crippen LogP contribution in [0.1, 0.15) is 18.9 Å². The zero-order valence-corrected chi connectivity index (χ0v) is 12.8. The molecule has 0 unspecified atom stereocenters. The first-order valence-electron chi connectivity index (χ1n) is 6.77. The van der Waals surface area contributed by atoms with Crippen molar-refractivity contribution in [1.29, 1.82) is 0 Å². The van der Waals surface area contributed by atoms with Gasteiger partial charge < -0.3 is 10.4 Å². The molecule has 2 aromatic rings. The highest BCUT2D eigenvalue weighted by atomic mass is 35.5. The zero-order valence-electron chi connectivity index (χ0n) is 12.0. The average molecular weight is 318 g/mol. The van der Waals surface area contributed by atoms with Crippen LogP contribution in [0.15, 0.2) is 54.6 Å². The number of nitrogens with one attached hydrogen (secondary N) is 1. The summed E-state index contributed by atoms with van der Waals surface area (Å²) < 4.78 is 0. The van der Waals surface area contributed by atoms with Crippen molar-refractivity contribution in [3.05, 3.63) is 65.2 Å². The van der Waals surface area contributed by atoms with E-state index >= 15 is 0 Å². The summed E-state index contributed by atoms with van der Waals surface area (Å²) in [7, 11) is 0. The summed E-state index contributed by atoms with van der Waals surface area (Å²) in [5.41, 5.74) is -0.251. The molecular formula is C17H16ClNO3. The van der Waals surface area contributed by atoms with Gasteiger partial charge in [0.1, 0.15) is 0 Å². The summed E-state index contributed by atoms with van der Waals surface area (Å²) in [5.74, 6) is -1.45. The van der Waals surface area contributed by atoms with Crippen LogP contribution in [-0.2, 0) is 15.0 Å². The summed E-state index contributed by atoms with van der Waals surface area (Å²) in [6, 6.07) is 15.5. The second kappa shape index (κ2) is 6.62. The Morgan fingerprint density at radius 3 is 2.27 bits per heavy atom. The number of rotatable bonds is 5. The van der Waals surface area contributed by atoms with Gasteiger partial charge in [-0.05, 0) is 24.6 Å². The molecule has 1 atom stereocenters. The number of carbonyl (C=O) groups is 2. The largest absolute Gasteiger partial charge is 0.481 e. The molecule has 0 heterocycles. The van der Waals surface area contributed by atoms with Crippen LogP contribution in [0.5, 0.6) is 0 Å². The first kappa shape index (κ1) is 16.0. The van der Waals surface area contributed by atoms with Gasteiger partial charge in [-0.1, -0.05) is 54.1 Å². The minimum atomic E-state index is -1.30. The molecule has 2 rings (SSSR count). The van der Waals surface area contributed by atoms with Gasteiger partial charge in [0.15, 0.2) is 0 Å². The molecule has 0 fully saturated rings. The van der Waals surface area contributed by atoms with E-state index in [0.29, 0.717) is 16.3 Å². The maximum Gasteiger partial charge on any atom is 0.314 e. The highest BCUT2D eigenvalue weighted by Crippen LogP contribution is 2.29. The summed E-state index contributed by atoms with van der Waals surface area (Å²) >= 11 is 5.99. The average Bonchev–Trinajstić information content (AvgIpc) is 2.50. The molecule has 0 aliphatic rings. The molecule has 0 saturated carbocycles. The van der Waals surface area contributed by atoms with E-state index in [-0.39, 0.29) is 6.42 Å². The predicted molar refractivity (Wildman–Crippen MR) is 86.1 cm³/mol. The summed E-state index contributed by atoms with van der Waals surface area (Å²) in [6.07, 6.45) is -0.183. The number of hydrogen-bond donors (Lipinski definition) is 2. The normalized spacial score (nSPS) is 13.2. The lowest BCUT2D eigenvalue weighted by Gasteiger charge is -2.24. The standard InChI is InChI=1S/C17H16ClNO3/c1-17(16(21)22,12-7-3-2-4-8-12)11-15(20)19-14-10-6-5-9-13(14)18/h2-10H,11H2,1H3,(H,19,20)(H,21,22)/t17-/m1/s1. The molecular weight excluding hydrogens is 302 g/mol. The van der Waals surface area contributed by atoms with E-state index in [1.807, 2.05) is 0 Å². The Balaban J connectivity index is 2.20. The Morgan fingerprint density at radius 1 is 1.09 bits per heavy atom. The number of para-hydroxylation sites is 1. The number of halogens is 1. The molecule has 0 aliphatic heterocycles. The van der Waals surface area contributed by atoms with Gasteiger partial charge in [0, 0.05) is 6.42 Å². The summed E-state index contributed by atoms with van der Waals surface area (Å²) in [6.45, 7) is 1.54. The number of anilines is 1. The van der Waals surface area contributed by atoms with Crippen LogP contribution in [0.3, 0.4) is 0 Å². The van der Waals surface area contributed by atoms with Crippen LogP contribution in [0, 0.1) is 0 Å². The van der Waals surface area contributed by atoms with Gasteiger partial charge in [0.05, 0.1) is 16.1 Å². The minimum absolute atomic E-state index is 0.183. The molecule has 0 aliphatic carbocycles. The number of benzene rings is 2. The fraction of sp³-hybridized carbons (Fsp3) is 0.176. The van der Waals surface area contributed by atoms with Crippen LogP contribution >= 0.6 is 11.6 Å². The number of amides is 1. The predicted octanol–water partition coefficient (Wildman–Crippen LogP) is 3.71. The monoisotopic (exact) mass is 317 g/mol. The van der Waals surface area contributed by atoms with Crippen molar-refractivity contribution in [1.82, 2.24) is 0 Å². The van der Waals surface area contributed by atoms with Gasteiger partial charge >= 0.3 is 5.97 Å². The molecule has 0 spiro atoms. The first-order chi connectivity index (χ1) is 10.4. The van der Waals surface area contributed by atoms with E-state index in [2.05, 4.69) is 5.32 Å². The topological polar surface area (TPSA) is 66.4 Å². The molecule has 2 N–H and O–H groups in total. The van der Waals surface area contributed by atoms with Crippen molar-refractivity contribution in [3.8, 4) is 0 Å². The Hall–Kier alpha value is -2.33. The molecule has 0 aromatic heterocycles. The number of carbonyl (C=O) groups excluding carboxylic acids is 1. The van der Waals surface area contributed by atoms with E-state index in [9.17, 15) is 14.7 Å². The molecule has 0 saturated heterocycles. The van der Waals surface area contributed by atoms with Crippen molar-refractivity contribution < 1.29 is 14.7 Å². The lowest BCUT2D eigenvalue weighted by molar-refractivity contribution is -0.145. The van der Waals surface area contributed by atoms with Gasteiger partial charge in [-0.15, -0.1) is 0 Å². The molecule has 0 bridgehead atoms. The lowest BCUT2D eigenvalue weighted by atomic mass is 9.79. The third-order valence-electron chi connectivity index (χ3n) is 3.55. The zero-order chi connectivity index (χ0) is 16.2. The van der Waals surface area contributed by atoms with E-state index in [0.717, 1.165) is 0 Å². The first-order valence-corrected chi connectivity index (χ1v) is 7.14. The van der Waals surface area contributed by atoms with Crippen molar-refractivity contribution in [3.63, 3.8) is 0 Å². The number of carboxylic acid groups (broad SMARTS) is 1. The second-order valence-electron chi connectivity index (χ2n) is 5.21. The third kappa shape index (κ3) is 3.46. The number of carboxylic acids is 1. The Morgan fingerprint density at radius 2 is 1.68 bits per heavy atom. The Bertz CT molecular complexity index is 687. The van der Waals surface area contributed by atoms with Crippen LogP contribution in [0.25, 0.3) is 0 Å². The number of hydrogen-bond acceptors (Lipinski definition) is 2. The molecule has 114 valence electrons. The fourth-order valence-electron chi connectivity index (χ4n) is 2.19. The van der Waals surface area contributed by atoms with Crippen molar-refractivity contribution >= 4 is 29.2 Å². The van der Waals surface area contributed by atoms with Crippen molar-refractivity contribution in [2.24, 2.45) is 0 Å². The molecule has 4 nitrogen and oxygen atoms in total. The quantitative estimate of drug-likeness (QED) is 0.883. The third-order valence-corrected chi connectivity index (χ3v) is 3.87. The van der Waals surface area contributed by atoms with Gasteiger partial charge in [0.25, 0.3) is 0 Å². The van der Waals surface area contributed by atoms with E-state index in [1.165, 1.54) is 6.92 Å². The van der Waals surface area contributed by atoms with Crippen LogP contribution in [0.4, 0.5) is 5.69 Å². The highest BCUT2D eigenvalue weighted by molar-refractivity contribution is 6.33. The molecule has 0 radical (unpaired) electrons. The molecule has 2 aromatic carbocycles. The SMILES string of the molecule is C[C@](CC(=O)Nc1ccccc1Cl)(C(=O)O)c1ccccc1. The van der Waals surface area contributed by atoms with Crippen LogP contribution in [-0.4, -0.2) is 17.0 Å². The molecule has 1 amide bonds. The summed E-state index contributed by atoms with van der Waals surface area (Å²) in [5, 5.41) is 12.6. The maximum absolute atomic E-state index is 12.2. The van der Waals surface area contributed by atoms with Gasteiger partial charge in [-0.2, -0.15) is 0 Å². The smallest absolute Gasteiger partial charge is 0.314 e. The fourth-order valence-corrected chi connectivity index (χ4v) is 2.37. The maximum atomic E-state index is 12.2. The van der Waals surface area contributed by atoms with E-state index in [4.69, 9.17) is 11.6 Å². The van der Waals surface area contributed by atoms with Crippen molar-refractivity contribution in [2.75, 3.05) is 5.32 Å². The Kier molecular flexibility index (Phi) is 4.83. The number of aliphatic carboxylic acids is 1. The molecule has 5 heteroatoms. The van der Waals surface area contributed by atoms with Gasteiger partial charge in [-0.3, -0.25) is 9.59 Å². The van der Waals surface area contributed by atoms with E-state index < -0.39 is 17.3 Å². The minimum Gasteiger partial charge on any atom is -0.481 e. The second-order valence-corrected chi connectivity index (χ2v) is 5.62. The van der Waals surface area contributed by atoms with Gasteiger partial charge in [0.2, 0.25) is 5.91 Å². The van der Waals surface area contributed by atoms with Crippen LogP contribution < -0.4 is 5.32 Å². The van der Waals surface area contributed by atoms with Crippen molar-refractivity contribution in [2.45, 2.75) is 18.8 Å². The highest BCUT2D eigenvalue weighted by Gasteiger charge is 2.37. The van der Waals surface area contributed by atoms with Gasteiger partial charge in [-0.25, -0.2) is 0 Å². The lowest BCUT2D eigenvalue weighted by Crippen LogP contribution is -2.36. The van der Waals surface area contributed by atoms with E-state index in [1.54, 1.807) is 54.6 Å².